The van der Waals surface area contributed by atoms with E-state index in [4.69, 9.17) is 23.2 Å². The van der Waals surface area contributed by atoms with Crippen LogP contribution in [0.25, 0.3) is 0 Å². The lowest BCUT2D eigenvalue weighted by atomic mass is 10.1. The zero-order chi connectivity index (χ0) is 14.0. The molecular formula is C11H12Cl2N2O3S. The Morgan fingerprint density at radius 3 is 2.68 bits per heavy atom. The van der Waals surface area contributed by atoms with Crippen LogP contribution >= 0.6 is 23.2 Å². The molecule has 0 aromatic heterocycles. The molecular weight excluding hydrogens is 311 g/mol. The molecule has 1 aliphatic rings. The Bertz CT molecular complexity index is 594. The van der Waals surface area contributed by atoms with Crippen LogP contribution < -0.4 is 10.0 Å². The number of sulfonamides is 1. The Kier molecular flexibility index (Phi) is 4.35. The van der Waals surface area contributed by atoms with Crippen molar-refractivity contribution in [1.82, 2.24) is 10.0 Å². The van der Waals surface area contributed by atoms with Crippen LogP contribution in [0, 0.1) is 0 Å². The van der Waals surface area contributed by atoms with E-state index in [1.807, 2.05) is 0 Å². The second-order valence-corrected chi connectivity index (χ2v) is 6.68. The molecule has 1 amide bonds. The van der Waals surface area contributed by atoms with E-state index < -0.39 is 10.0 Å². The van der Waals surface area contributed by atoms with Gasteiger partial charge < -0.3 is 5.32 Å². The van der Waals surface area contributed by atoms with Gasteiger partial charge in [0, 0.05) is 19.0 Å². The minimum Gasteiger partial charge on any atom is -0.355 e. The van der Waals surface area contributed by atoms with Crippen molar-refractivity contribution >= 4 is 39.1 Å². The molecule has 2 rings (SSSR count). The molecule has 0 bridgehead atoms. The van der Waals surface area contributed by atoms with Crippen LogP contribution in [0.5, 0.6) is 0 Å². The van der Waals surface area contributed by atoms with Crippen LogP contribution in [0.2, 0.25) is 10.0 Å². The minimum atomic E-state index is -3.75. The van der Waals surface area contributed by atoms with Gasteiger partial charge in [-0.3, -0.25) is 4.79 Å². The highest BCUT2D eigenvalue weighted by molar-refractivity contribution is 7.89. The number of hydrogen-bond acceptors (Lipinski definition) is 3. The van der Waals surface area contributed by atoms with Gasteiger partial charge in [-0.2, -0.15) is 0 Å². The van der Waals surface area contributed by atoms with Gasteiger partial charge in [-0.15, -0.1) is 0 Å². The SMILES string of the molecule is O=C1CCC(NS(=O)(=O)c2cccc(Cl)c2Cl)CN1. The molecule has 1 heterocycles. The lowest BCUT2D eigenvalue weighted by molar-refractivity contribution is -0.122. The van der Waals surface area contributed by atoms with Gasteiger partial charge in [0.2, 0.25) is 15.9 Å². The van der Waals surface area contributed by atoms with Crippen molar-refractivity contribution in [3.63, 3.8) is 0 Å². The minimum absolute atomic E-state index is 0.00323. The molecule has 19 heavy (non-hydrogen) atoms. The molecule has 1 aliphatic heterocycles. The molecule has 1 saturated heterocycles. The highest BCUT2D eigenvalue weighted by atomic mass is 35.5. The number of benzene rings is 1. The quantitative estimate of drug-likeness (QED) is 0.886. The Morgan fingerprint density at radius 2 is 2.05 bits per heavy atom. The molecule has 0 spiro atoms. The van der Waals surface area contributed by atoms with E-state index in [0.29, 0.717) is 12.8 Å². The molecule has 1 aromatic carbocycles. The van der Waals surface area contributed by atoms with E-state index in [1.165, 1.54) is 18.2 Å². The first kappa shape index (κ1) is 14.6. The molecule has 104 valence electrons. The Labute approximate surface area is 121 Å². The van der Waals surface area contributed by atoms with Gasteiger partial charge in [-0.25, -0.2) is 13.1 Å². The first-order valence-electron chi connectivity index (χ1n) is 5.63. The summed E-state index contributed by atoms with van der Waals surface area (Å²) in [7, 11) is -3.75. The first-order valence-corrected chi connectivity index (χ1v) is 7.87. The van der Waals surface area contributed by atoms with Crippen LogP contribution in [-0.4, -0.2) is 26.9 Å². The van der Waals surface area contributed by atoms with E-state index in [-0.39, 0.29) is 33.4 Å². The number of carbonyl (C=O) groups excluding carboxylic acids is 1. The Morgan fingerprint density at radius 1 is 1.32 bits per heavy atom. The fourth-order valence-electron chi connectivity index (χ4n) is 1.81. The number of hydrogen-bond donors (Lipinski definition) is 2. The topological polar surface area (TPSA) is 75.3 Å². The summed E-state index contributed by atoms with van der Waals surface area (Å²) < 4.78 is 26.9. The molecule has 2 N–H and O–H groups in total. The maximum absolute atomic E-state index is 12.2. The molecule has 1 aromatic rings. The first-order chi connectivity index (χ1) is 8.90. The van der Waals surface area contributed by atoms with Crippen molar-refractivity contribution < 1.29 is 13.2 Å². The molecule has 5 nitrogen and oxygen atoms in total. The van der Waals surface area contributed by atoms with Crippen molar-refractivity contribution in [3.8, 4) is 0 Å². The number of carbonyl (C=O) groups is 1. The Hall–Kier alpha value is -0.820. The summed E-state index contributed by atoms with van der Waals surface area (Å²) in [6.07, 6.45) is 0.764. The lowest BCUT2D eigenvalue weighted by Crippen LogP contribution is -2.47. The van der Waals surface area contributed by atoms with Gasteiger partial charge >= 0.3 is 0 Å². The zero-order valence-corrected chi connectivity index (χ0v) is 12.1. The van der Waals surface area contributed by atoms with Crippen LogP contribution in [0.15, 0.2) is 23.1 Å². The highest BCUT2D eigenvalue weighted by Gasteiger charge is 2.26. The summed E-state index contributed by atoms with van der Waals surface area (Å²) in [6, 6.07) is 4.09. The third kappa shape index (κ3) is 3.39. The van der Waals surface area contributed by atoms with E-state index in [0.717, 1.165) is 0 Å². The van der Waals surface area contributed by atoms with Crippen molar-refractivity contribution in [2.45, 2.75) is 23.8 Å². The van der Waals surface area contributed by atoms with E-state index >= 15 is 0 Å². The summed E-state index contributed by atoms with van der Waals surface area (Å²) in [5.74, 6) is -0.0729. The second-order valence-electron chi connectivity index (χ2n) is 4.21. The van der Waals surface area contributed by atoms with E-state index in [9.17, 15) is 13.2 Å². The average molecular weight is 323 g/mol. The van der Waals surface area contributed by atoms with Gasteiger partial charge in [0.05, 0.1) is 10.0 Å². The summed E-state index contributed by atoms with van der Waals surface area (Å²) in [4.78, 5) is 11.0. The van der Waals surface area contributed by atoms with Crippen molar-refractivity contribution in [3.05, 3.63) is 28.2 Å². The van der Waals surface area contributed by atoms with Gasteiger partial charge in [0.15, 0.2) is 0 Å². The fraction of sp³-hybridized carbons (Fsp3) is 0.364. The average Bonchev–Trinajstić information content (AvgIpc) is 2.35. The van der Waals surface area contributed by atoms with Gasteiger partial charge in [0.25, 0.3) is 0 Å². The maximum atomic E-state index is 12.2. The molecule has 8 heteroatoms. The van der Waals surface area contributed by atoms with Crippen molar-refractivity contribution in [2.24, 2.45) is 0 Å². The molecule has 0 aliphatic carbocycles. The van der Waals surface area contributed by atoms with Crippen LogP contribution in [0.4, 0.5) is 0 Å². The third-order valence-electron chi connectivity index (χ3n) is 2.79. The molecule has 1 atom stereocenters. The van der Waals surface area contributed by atoms with Crippen LogP contribution in [-0.2, 0) is 14.8 Å². The lowest BCUT2D eigenvalue weighted by Gasteiger charge is -2.23. The summed E-state index contributed by atoms with van der Waals surface area (Å²) in [5, 5.41) is 2.79. The van der Waals surface area contributed by atoms with Crippen molar-refractivity contribution in [1.29, 1.82) is 0 Å². The number of piperidine rings is 1. The summed E-state index contributed by atoms with van der Waals surface area (Å²) in [6.45, 7) is 0.274. The van der Waals surface area contributed by atoms with Crippen LogP contribution in [0.3, 0.4) is 0 Å². The summed E-state index contributed by atoms with van der Waals surface area (Å²) in [5.41, 5.74) is 0. The normalized spacial score (nSPS) is 20.1. The predicted octanol–water partition coefficient (Wildman–Crippen LogP) is 1.55. The number of halogens is 2. The third-order valence-corrected chi connectivity index (χ3v) is 5.29. The van der Waals surface area contributed by atoms with Gasteiger partial charge in [0.1, 0.15) is 4.90 Å². The number of rotatable bonds is 3. The van der Waals surface area contributed by atoms with E-state index in [1.54, 1.807) is 0 Å². The fourth-order valence-corrected chi connectivity index (χ4v) is 3.84. The van der Waals surface area contributed by atoms with Crippen LogP contribution in [0.1, 0.15) is 12.8 Å². The predicted molar refractivity (Wildman–Crippen MR) is 72.8 cm³/mol. The van der Waals surface area contributed by atoms with Gasteiger partial charge in [-0.1, -0.05) is 29.3 Å². The smallest absolute Gasteiger partial charge is 0.242 e. The summed E-state index contributed by atoms with van der Waals surface area (Å²) >= 11 is 11.7. The molecule has 1 unspecified atom stereocenters. The highest BCUT2D eigenvalue weighted by Crippen LogP contribution is 2.29. The monoisotopic (exact) mass is 322 g/mol. The molecule has 0 saturated carbocycles. The zero-order valence-electron chi connectivity index (χ0n) is 9.82. The standard InChI is InChI=1S/C11H12Cl2N2O3S/c12-8-2-1-3-9(11(8)13)19(17,18)15-7-4-5-10(16)14-6-7/h1-3,7,15H,4-6H2,(H,14,16). The Balaban J connectivity index is 2.19. The van der Waals surface area contributed by atoms with E-state index in [2.05, 4.69) is 10.0 Å². The van der Waals surface area contributed by atoms with Crippen molar-refractivity contribution in [2.75, 3.05) is 6.54 Å². The molecule has 0 radical (unpaired) electrons. The number of amides is 1. The largest absolute Gasteiger partial charge is 0.355 e. The number of nitrogens with one attached hydrogen (secondary N) is 2. The van der Waals surface area contributed by atoms with Gasteiger partial charge in [-0.05, 0) is 18.6 Å². The maximum Gasteiger partial charge on any atom is 0.242 e. The second kappa shape index (κ2) is 5.66. The molecule has 1 fully saturated rings.